The van der Waals surface area contributed by atoms with E-state index < -0.39 is 0 Å². The average Bonchev–Trinajstić information content (AvgIpc) is 2.24. The van der Waals surface area contributed by atoms with E-state index in [1.165, 1.54) is 32.1 Å². The first-order valence-corrected chi connectivity index (χ1v) is 6.62. The number of hydrogen-bond acceptors (Lipinski definition) is 2. The van der Waals surface area contributed by atoms with Gasteiger partial charge in [-0.3, -0.25) is 5.41 Å². The van der Waals surface area contributed by atoms with Gasteiger partial charge in [-0.25, -0.2) is 0 Å². The van der Waals surface area contributed by atoms with Crippen LogP contribution in [0.4, 0.5) is 0 Å². The van der Waals surface area contributed by atoms with Crippen molar-refractivity contribution in [3.63, 3.8) is 0 Å². The molecule has 0 aromatic rings. The lowest BCUT2D eigenvalue weighted by atomic mass is 9.86. The summed E-state index contributed by atoms with van der Waals surface area (Å²) in [7, 11) is 2.25. The maximum atomic E-state index is 7.17. The molecule has 1 aliphatic rings. The minimum Gasteiger partial charge on any atom is -0.388 e. The fourth-order valence-electron chi connectivity index (χ4n) is 2.66. The van der Waals surface area contributed by atoms with Crippen molar-refractivity contribution < 1.29 is 0 Å². The van der Waals surface area contributed by atoms with Crippen LogP contribution in [-0.2, 0) is 0 Å². The van der Waals surface area contributed by atoms with E-state index in [1.54, 1.807) is 0 Å². The molecule has 0 aromatic heterocycles. The van der Waals surface area contributed by atoms with Crippen molar-refractivity contribution in [2.75, 3.05) is 13.6 Å². The first-order chi connectivity index (χ1) is 7.59. The Hall–Kier alpha value is -0.570. The molecule has 1 aliphatic carbocycles. The van der Waals surface area contributed by atoms with Gasteiger partial charge in [0, 0.05) is 12.5 Å². The number of unbranched alkanes of at least 4 members (excludes halogenated alkanes) is 1. The topological polar surface area (TPSA) is 53.1 Å². The van der Waals surface area contributed by atoms with Gasteiger partial charge >= 0.3 is 0 Å². The molecule has 0 aromatic carbocycles. The van der Waals surface area contributed by atoms with Gasteiger partial charge in [-0.05, 0) is 45.2 Å². The smallest absolute Gasteiger partial charge is 0.0905 e. The molecule has 2 unspecified atom stereocenters. The predicted octanol–water partition coefficient (Wildman–Crippen LogP) is 2.60. The Morgan fingerprint density at radius 3 is 2.75 bits per heavy atom. The number of hydrogen-bond donors (Lipinski definition) is 2. The molecule has 0 saturated heterocycles. The molecule has 3 N–H and O–H groups in total. The summed E-state index contributed by atoms with van der Waals surface area (Å²) in [5, 5.41) is 7.17. The fraction of sp³-hybridized carbons (Fsp3) is 0.923. The van der Waals surface area contributed by atoms with E-state index in [0.29, 0.717) is 5.84 Å². The zero-order valence-electron chi connectivity index (χ0n) is 10.8. The van der Waals surface area contributed by atoms with Crippen molar-refractivity contribution in [3.05, 3.63) is 0 Å². The molecule has 1 saturated carbocycles. The highest BCUT2D eigenvalue weighted by molar-refractivity contribution is 5.76. The zero-order valence-corrected chi connectivity index (χ0v) is 10.8. The maximum Gasteiger partial charge on any atom is 0.0905 e. The second-order valence-corrected chi connectivity index (χ2v) is 5.39. The summed E-state index contributed by atoms with van der Waals surface area (Å²) >= 11 is 0. The Labute approximate surface area is 99.9 Å². The largest absolute Gasteiger partial charge is 0.388 e. The van der Waals surface area contributed by atoms with Crippen LogP contribution < -0.4 is 5.73 Å². The van der Waals surface area contributed by atoms with Gasteiger partial charge < -0.3 is 10.6 Å². The normalized spacial score (nSPS) is 25.9. The summed E-state index contributed by atoms with van der Waals surface area (Å²) in [6.07, 6.45) is 8.52. The monoisotopic (exact) mass is 225 g/mol. The summed E-state index contributed by atoms with van der Waals surface area (Å²) in [4.78, 5) is 2.51. The molecule has 3 heteroatoms. The van der Waals surface area contributed by atoms with E-state index in [4.69, 9.17) is 11.1 Å². The Morgan fingerprint density at radius 1 is 1.38 bits per heavy atom. The van der Waals surface area contributed by atoms with Crippen LogP contribution in [0, 0.1) is 11.3 Å². The highest BCUT2D eigenvalue weighted by Gasteiger charge is 2.21. The van der Waals surface area contributed by atoms with Gasteiger partial charge in [-0.2, -0.15) is 0 Å². The summed E-state index contributed by atoms with van der Waals surface area (Å²) in [6, 6.07) is 0.793. The SMILES string of the molecule is CC1CCCC(N(C)CCCCC(=N)N)C1. The third-order valence-corrected chi connectivity index (χ3v) is 3.74. The van der Waals surface area contributed by atoms with E-state index in [-0.39, 0.29) is 0 Å². The van der Waals surface area contributed by atoms with Crippen LogP contribution >= 0.6 is 0 Å². The standard InChI is InChI=1S/C13H27N3/c1-11-6-5-7-12(10-11)16(2)9-4-3-8-13(14)15/h11-12H,3-10H2,1-2H3,(H3,14,15). The van der Waals surface area contributed by atoms with Crippen LogP contribution in [0.3, 0.4) is 0 Å². The minimum atomic E-state index is 0.328. The highest BCUT2D eigenvalue weighted by atomic mass is 15.1. The Kier molecular flexibility index (Phi) is 5.81. The van der Waals surface area contributed by atoms with E-state index in [9.17, 15) is 0 Å². The molecule has 2 atom stereocenters. The quantitative estimate of drug-likeness (QED) is 0.415. The van der Waals surface area contributed by atoms with Gasteiger partial charge in [0.1, 0.15) is 0 Å². The van der Waals surface area contributed by atoms with E-state index >= 15 is 0 Å². The van der Waals surface area contributed by atoms with Crippen LogP contribution in [0.25, 0.3) is 0 Å². The molecule has 3 nitrogen and oxygen atoms in total. The molecule has 0 aliphatic heterocycles. The second-order valence-electron chi connectivity index (χ2n) is 5.39. The van der Waals surface area contributed by atoms with E-state index in [0.717, 1.165) is 31.3 Å². The van der Waals surface area contributed by atoms with Gasteiger partial charge in [0.15, 0.2) is 0 Å². The Bertz CT molecular complexity index is 215. The van der Waals surface area contributed by atoms with Crippen LogP contribution in [-0.4, -0.2) is 30.4 Å². The lowest BCUT2D eigenvalue weighted by molar-refractivity contribution is 0.162. The molecule has 1 fully saturated rings. The van der Waals surface area contributed by atoms with E-state index in [2.05, 4.69) is 18.9 Å². The Morgan fingerprint density at radius 2 is 2.12 bits per heavy atom. The molecule has 0 heterocycles. The number of amidine groups is 1. The second kappa shape index (κ2) is 6.89. The van der Waals surface area contributed by atoms with Crippen molar-refractivity contribution in [3.8, 4) is 0 Å². The first-order valence-electron chi connectivity index (χ1n) is 6.62. The third-order valence-electron chi connectivity index (χ3n) is 3.74. The number of nitrogens with zero attached hydrogens (tertiary/aromatic N) is 1. The molecule has 16 heavy (non-hydrogen) atoms. The summed E-state index contributed by atoms with van der Waals surface area (Å²) in [5.74, 6) is 1.23. The molecule has 1 rings (SSSR count). The summed E-state index contributed by atoms with van der Waals surface area (Å²) in [5.41, 5.74) is 5.34. The summed E-state index contributed by atoms with van der Waals surface area (Å²) in [6.45, 7) is 3.53. The molecular weight excluding hydrogens is 198 g/mol. The van der Waals surface area contributed by atoms with Crippen LogP contribution in [0.5, 0.6) is 0 Å². The van der Waals surface area contributed by atoms with Crippen LogP contribution in [0.1, 0.15) is 51.9 Å². The zero-order chi connectivity index (χ0) is 12.0. The summed E-state index contributed by atoms with van der Waals surface area (Å²) < 4.78 is 0. The highest BCUT2D eigenvalue weighted by Crippen LogP contribution is 2.26. The van der Waals surface area contributed by atoms with E-state index in [1.807, 2.05) is 0 Å². The Balaban J connectivity index is 2.13. The number of nitrogens with two attached hydrogens (primary N) is 1. The average molecular weight is 225 g/mol. The van der Waals surface area contributed by atoms with Gasteiger partial charge in [-0.1, -0.05) is 19.8 Å². The van der Waals surface area contributed by atoms with Crippen LogP contribution in [0.2, 0.25) is 0 Å². The third kappa shape index (κ3) is 4.97. The molecule has 0 radical (unpaired) electrons. The van der Waals surface area contributed by atoms with Crippen LogP contribution in [0.15, 0.2) is 0 Å². The van der Waals surface area contributed by atoms with Gasteiger partial charge in [-0.15, -0.1) is 0 Å². The first kappa shape index (κ1) is 13.5. The maximum absolute atomic E-state index is 7.17. The van der Waals surface area contributed by atoms with Crippen molar-refractivity contribution in [2.24, 2.45) is 11.7 Å². The lowest BCUT2D eigenvalue weighted by Gasteiger charge is -2.34. The van der Waals surface area contributed by atoms with Crippen molar-refractivity contribution in [1.29, 1.82) is 5.41 Å². The van der Waals surface area contributed by atoms with Crippen molar-refractivity contribution >= 4 is 5.84 Å². The molecular formula is C13H27N3. The van der Waals surface area contributed by atoms with Crippen molar-refractivity contribution in [1.82, 2.24) is 4.90 Å². The van der Waals surface area contributed by atoms with Crippen molar-refractivity contribution in [2.45, 2.75) is 57.9 Å². The van der Waals surface area contributed by atoms with Gasteiger partial charge in [0.05, 0.1) is 5.84 Å². The molecule has 0 bridgehead atoms. The number of nitrogens with one attached hydrogen (secondary N) is 1. The molecule has 0 amide bonds. The fourth-order valence-corrected chi connectivity index (χ4v) is 2.66. The molecule has 0 spiro atoms. The number of rotatable bonds is 6. The van der Waals surface area contributed by atoms with Gasteiger partial charge in [0.25, 0.3) is 0 Å². The van der Waals surface area contributed by atoms with Gasteiger partial charge in [0.2, 0.25) is 0 Å². The predicted molar refractivity (Wildman–Crippen MR) is 69.8 cm³/mol. The molecule has 94 valence electrons. The minimum absolute atomic E-state index is 0.328. The lowest BCUT2D eigenvalue weighted by Crippen LogP contribution is -2.36.